The number of benzene rings is 2. The largest absolute Gasteiger partial charge is 0.490 e. The minimum Gasteiger partial charge on any atom is -0.490 e. The van der Waals surface area contributed by atoms with Gasteiger partial charge in [-0.15, -0.1) is 0 Å². The van der Waals surface area contributed by atoms with Crippen LogP contribution in [0.15, 0.2) is 54.6 Å². The summed E-state index contributed by atoms with van der Waals surface area (Å²) < 4.78 is 11.1. The monoisotopic (exact) mass is 270 g/mol. The van der Waals surface area contributed by atoms with Crippen molar-refractivity contribution in [2.24, 2.45) is 0 Å². The molecule has 0 radical (unpaired) electrons. The zero-order chi connectivity index (χ0) is 14.2. The van der Waals surface area contributed by atoms with E-state index in [1.54, 1.807) is 12.1 Å². The molecule has 20 heavy (non-hydrogen) atoms. The van der Waals surface area contributed by atoms with Gasteiger partial charge in [0.1, 0.15) is 12.4 Å². The van der Waals surface area contributed by atoms with Crippen molar-refractivity contribution in [3.63, 3.8) is 0 Å². The number of ether oxygens (including phenoxy) is 2. The molecular weight excluding hydrogens is 252 g/mol. The standard InChI is InChI=1S/C17H18O3/c1-14(18)16-9-5-6-10-17(16)20-12-11-19-13-15-7-3-2-4-8-15/h2-10H,11-13H2,1H3. The molecule has 0 heterocycles. The molecule has 0 atom stereocenters. The second kappa shape index (κ2) is 7.46. The maximum Gasteiger partial charge on any atom is 0.163 e. The van der Waals surface area contributed by atoms with E-state index in [9.17, 15) is 4.79 Å². The van der Waals surface area contributed by atoms with Crippen molar-refractivity contribution in [3.8, 4) is 5.75 Å². The van der Waals surface area contributed by atoms with Crippen molar-refractivity contribution in [1.29, 1.82) is 0 Å². The highest BCUT2D eigenvalue weighted by atomic mass is 16.5. The highest BCUT2D eigenvalue weighted by Gasteiger charge is 2.06. The first-order valence-corrected chi connectivity index (χ1v) is 6.62. The molecule has 104 valence electrons. The molecule has 0 fully saturated rings. The Balaban J connectivity index is 1.75. The molecule has 0 aliphatic rings. The number of carbonyl (C=O) groups is 1. The third-order valence-electron chi connectivity index (χ3n) is 2.86. The van der Waals surface area contributed by atoms with Crippen LogP contribution >= 0.6 is 0 Å². The average molecular weight is 270 g/mol. The molecule has 0 saturated heterocycles. The van der Waals surface area contributed by atoms with E-state index in [4.69, 9.17) is 9.47 Å². The van der Waals surface area contributed by atoms with Gasteiger partial charge in [0.15, 0.2) is 5.78 Å². The van der Waals surface area contributed by atoms with Crippen LogP contribution in [0.4, 0.5) is 0 Å². The van der Waals surface area contributed by atoms with Crippen molar-refractivity contribution >= 4 is 5.78 Å². The number of hydrogen-bond donors (Lipinski definition) is 0. The molecule has 2 aromatic carbocycles. The molecule has 2 aromatic rings. The predicted octanol–water partition coefficient (Wildman–Crippen LogP) is 3.48. The van der Waals surface area contributed by atoms with E-state index >= 15 is 0 Å². The summed E-state index contributed by atoms with van der Waals surface area (Å²) in [5, 5.41) is 0. The van der Waals surface area contributed by atoms with Crippen LogP contribution in [-0.2, 0) is 11.3 Å². The first kappa shape index (κ1) is 14.3. The van der Waals surface area contributed by atoms with Crippen LogP contribution < -0.4 is 4.74 Å². The van der Waals surface area contributed by atoms with E-state index in [-0.39, 0.29) is 5.78 Å². The predicted molar refractivity (Wildman–Crippen MR) is 78.0 cm³/mol. The van der Waals surface area contributed by atoms with Crippen LogP contribution in [-0.4, -0.2) is 19.0 Å². The van der Waals surface area contributed by atoms with Crippen LogP contribution in [0.5, 0.6) is 5.75 Å². The second-order valence-electron chi connectivity index (χ2n) is 4.44. The van der Waals surface area contributed by atoms with Gasteiger partial charge in [0.25, 0.3) is 0 Å². The first-order valence-electron chi connectivity index (χ1n) is 6.62. The summed E-state index contributed by atoms with van der Waals surface area (Å²) in [6.45, 7) is 3.02. The SMILES string of the molecule is CC(=O)c1ccccc1OCCOCc1ccccc1. The van der Waals surface area contributed by atoms with Gasteiger partial charge in [-0.25, -0.2) is 0 Å². The van der Waals surface area contributed by atoms with Crippen molar-refractivity contribution < 1.29 is 14.3 Å². The Labute approximate surface area is 119 Å². The van der Waals surface area contributed by atoms with Gasteiger partial charge in [-0.05, 0) is 24.6 Å². The summed E-state index contributed by atoms with van der Waals surface area (Å²) in [7, 11) is 0. The maximum atomic E-state index is 11.4. The molecule has 0 aliphatic heterocycles. The minimum absolute atomic E-state index is 0.00537. The van der Waals surface area contributed by atoms with Crippen LogP contribution in [0.1, 0.15) is 22.8 Å². The molecule has 0 spiro atoms. The first-order chi connectivity index (χ1) is 9.77. The lowest BCUT2D eigenvalue weighted by Gasteiger charge is -2.10. The fourth-order valence-electron chi connectivity index (χ4n) is 1.86. The lowest BCUT2D eigenvalue weighted by molar-refractivity contribution is 0.0875. The lowest BCUT2D eigenvalue weighted by atomic mass is 10.1. The molecule has 0 amide bonds. The quantitative estimate of drug-likeness (QED) is 0.570. The van der Waals surface area contributed by atoms with Crippen LogP contribution in [0.25, 0.3) is 0 Å². The van der Waals surface area contributed by atoms with E-state index in [1.165, 1.54) is 6.92 Å². The molecule has 0 unspecified atom stereocenters. The molecule has 0 aromatic heterocycles. The van der Waals surface area contributed by atoms with Crippen LogP contribution in [0, 0.1) is 0 Å². The normalized spacial score (nSPS) is 10.2. The van der Waals surface area contributed by atoms with Gasteiger partial charge in [0, 0.05) is 0 Å². The average Bonchev–Trinajstić information content (AvgIpc) is 2.48. The Hall–Kier alpha value is -2.13. The van der Waals surface area contributed by atoms with Crippen molar-refractivity contribution in [1.82, 2.24) is 0 Å². The number of para-hydroxylation sites is 1. The van der Waals surface area contributed by atoms with Gasteiger partial charge >= 0.3 is 0 Å². The minimum atomic E-state index is 0.00537. The van der Waals surface area contributed by atoms with Crippen molar-refractivity contribution in [3.05, 3.63) is 65.7 Å². The van der Waals surface area contributed by atoms with Gasteiger partial charge in [-0.2, -0.15) is 0 Å². The third kappa shape index (κ3) is 4.21. The molecular formula is C17H18O3. The molecule has 0 N–H and O–H groups in total. The summed E-state index contributed by atoms with van der Waals surface area (Å²) in [5.41, 5.74) is 1.74. The Bertz CT molecular complexity index is 549. The molecule has 3 heteroatoms. The second-order valence-corrected chi connectivity index (χ2v) is 4.44. The molecule has 0 aliphatic carbocycles. The summed E-state index contributed by atoms with van der Waals surface area (Å²) in [4.78, 5) is 11.4. The van der Waals surface area contributed by atoms with Gasteiger partial charge in [-0.1, -0.05) is 42.5 Å². The van der Waals surface area contributed by atoms with Gasteiger partial charge in [0.05, 0.1) is 18.8 Å². The van der Waals surface area contributed by atoms with Crippen molar-refractivity contribution in [2.45, 2.75) is 13.5 Å². The summed E-state index contributed by atoms with van der Waals surface area (Å²) >= 11 is 0. The number of carbonyl (C=O) groups excluding carboxylic acids is 1. The summed E-state index contributed by atoms with van der Waals surface area (Å²) in [6, 6.07) is 17.2. The molecule has 0 bridgehead atoms. The Kier molecular flexibility index (Phi) is 5.33. The number of rotatable bonds is 7. The van der Waals surface area contributed by atoms with Crippen LogP contribution in [0.2, 0.25) is 0 Å². The number of Topliss-reactive ketones (excluding diaryl/α,β-unsaturated/α-hetero) is 1. The smallest absolute Gasteiger partial charge is 0.163 e. The molecule has 3 nitrogen and oxygen atoms in total. The summed E-state index contributed by atoms with van der Waals surface area (Å²) in [5.74, 6) is 0.620. The highest BCUT2D eigenvalue weighted by molar-refractivity contribution is 5.96. The van der Waals surface area contributed by atoms with Gasteiger partial charge in [-0.3, -0.25) is 4.79 Å². The van der Waals surface area contributed by atoms with Gasteiger partial charge in [0.2, 0.25) is 0 Å². The lowest BCUT2D eigenvalue weighted by Crippen LogP contribution is -2.08. The number of ketones is 1. The van der Waals surface area contributed by atoms with Crippen molar-refractivity contribution in [2.75, 3.05) is 13.2 Å². The Morgan fingerprint density at radius 2 is 1.65 bits per heavy atom. The topological polar surface area (TPSA) is 35.5 Å². The fourth-order valence-corrected chi connectivity index (χ4v) is 1.86. The Morgan fingerprint density at radius 3 is 2.40 bits per heavy atom. The molecule has 0 saturated carbocycles. The van der Waals surface area contributed by atoms with Gasteiger partial charge < -0.3 is 9.47 Å². The van der Waals surface area contributed by atoms with E-state index < -0.39 is 0 Å². The maximum absolute atomic E-state index is 11.4. The molecule has 2 rings (SSSR count). The van der Waals surface area contributed by atoms with E-state index in [0.717, 1.165) is 5.56 Å². The zero-order valence-electron chi connectivity index (χ0n) is 11.5. The highest BCUT2D eigenvalue weighted by Crippen LogP contribution is 2.18. The third-order valence-corrected chi connectivity index (χ3v) is 2.86. The number of hydrogen-bond acceptors (Lipinski definition) is 3. The van der Waals surface area contributed by atoms with E-state index in [1.807, 2.05) is 42.5 Å². The van der Waals surface area contributed by atoms with E-state index in [0.29, 0.717) is 31.1 Å². The zero-order valence-corrected chi connectivity index (χ0v) is 11.5. The van der Waals surface area contributed by atoms with E-state index in [2.05, 4.69) is 0 Å². The fraction of sp³-hybridized carbons (Fsp3) is 0.235. The van der Waals surface area contributed by atoms with Crippen LogP contribution in [0.3, 0.4) is 0 Å². The summed E-state index contributed by atoms with van der Waals surface area (Å²) in [6.07, 6.45) is 0. The Morgan fingerprint density at radius 1 is 0.950 bits per heavy atom.